The van der Waals surface area contributed by atoms with Gasteiger partial charge in [0.25, 0.3) is 10.2 Å². The summed E-state index contributed by atoms with van der Waals surface area (Å²) >= 11 is 0. The largest absolute Gasteiger partial charge is 0.355 e. The number of amides is 1. The molecule has 0 aliphatic carbocycles. The van der Waals surface area contributed by atoms with Crippen LogP contribution in [0, 0.1) is 5.92 Å². The molecule has 0 aromatic rings. The van der Waals surface area contributed by atoms with Crippen molar-refractivity contribution in [2.75, 3.05) is 19.6 Å². The molecule has 2 aliphatic heterocycles. The summed E-state index contributed by atoms with van der Waals surface area (Å²) in [7, 11) is -3.54. The van der Waals surface area contributed by atoms with Crippen LogP contribution in [-0.2, 0) is 15.0 Å². The Labute approximate surface area is 115 Å². The van der Waals surface area contributed by atoms with Crippen LogP contribution in [0.15, 0.2) is 0 Å². The number of nitrogens with zero attached hydrogens (tertiary/aromatic N) is 1. The molecule has 19 heavy (non-hydrogen) atoms. The first-order chi connectivity index (χ1) is 8.99. The Morgan fingerprint density at radius 2 is 2.05 bits per heavy atom. The van der Waals surface area contributed by atoms with Crippen LogP contribution in [-0.4, -0.2) is 44.3 Å². The number of rotatable bonds is 3. The summed E-state index contributed by atoms with van der Waals surface area (Å²) in [6.45, 7) is 3.79. The van der Waals surface area contributed by atoms with Crippen molar-refractivity contribution < 1.29 is 13.2 Å². The fourth-order valence-electron chi connectivity index (χ4n) is 2.67. The molecule has 110 valence electrons. The second-order valence-electron chi connectivity index (χ2n) is 5.57. The van der Waals surface area contributed by atoms with E-state index in [1.54, 1.807) is 0 Å². The summed E-state index contributed by atoms with van der Waals surface area (Å²) in [5.74, 6) is 0.180. The molecule has 0 bridgehead atoms. The van der Waals surface area contributed by atoms with Gasteiger partial charge in [-0.2, -0.15) is 17.4 Å². The smallest absolute Gasteiger partial charge is 0.280 e. The average molecular weight is 289 g/mol. The van der Waals surface area contributed by atoms with Gasteiger partial charge in [0, 0.05) is 19.6 Å². The molecule has 0 spiro atoms. The van der Waals surface area contributed by atoms with E-state index in [1.165, 1.54) is 4.31 Å². The molecule has 2 heterocycles. The zero-order chi connectivity index (χ0) is 13.9. The first-order valence-corrected chi connectivity index (χ1v) is 8.48. The van der Waals surface area contributed by atoms with E-state index in [0.29, 0.717) is 32.0 Å². The Morgan fingerprint density at radius 3 is 2.79 bits per heavy atom. The van der Waals surface area contributed by atoms with Gasteiger partial charge in [0.1, 0.15) is 6.04 Å². The van der Waals surface area contributed by atoms with E-state index < -0.39 is 16.3 Å². The van der Waals surface area contributed by atoms with Crippen molar-refractivity contribution in [1.29, 1.82) is 0 Å². The van der Waals surface area contributed by atoms with E-state index in [0.717, 1.165) is 25.7 Å². The fourth-order valence-corrected chi connectivity index (χ4v) is 4.22. The number of hydrogen-bond acceptors (Lipinski definition) is 3. The predicted octanol–water partition coefficient (Wildman–Crippen LogP) is 0.221. The van der Waals surface area contributed by atoms with Gasteiger partial charge < -0.3 is 5.32 Å². The molecular formula is C12H23N3O3S. The van der Waals surface area contributed by atoms with Crippen LogP contribution in [0.2, 0.25) is 0 Å². The van der Waals surface area contributed by atoms with E-state index in [2.05, 4.69) is 17.0 Å². The zero-order valence-corrected chi connectivity index (χ0v) is 12.2. The van der Waals surface area contributed by atoms with Crippen LogP contribution < -0.4 is 10.0 Å². The molecule has 2 unspecified atom stereocenters. The quantitative estimate of drug-likeness (QED) is 0.780. The molecule has 2 saturated heterocycles. The standard InChI is InChI=1S/C12H23N3O3S/c1-10-5-4-8-15(9-10)19(17,18)14-11-6-2-3-7-13-12(11)16/h10-11,14H,2-9H2,1H3,(H,13,16). The molecule has 2 aliphatic rings. The van der Waals surface area contributed by atoms with Crippen molar-refractivity contribution in [3.05, 3.63) is 0 Å². The molecule has 2 fully saturated rings. The monoisotopic (exact) mass is 289 g/mol. The van der Waals surface area contributed by atoms with Crippen molar-refractivity contribution in [2.45, 2.75) is 45.1 Å². The first-order valence-electron chi connectivity index (χ1n) is 7.04. The topological polar surface area (TPSA) is 78.5 Å². The van der Waals surface area contributed by atoms with E-state index in [4.69, 9.17) is 0 Å². The minimum atomic E-state index is -3.54. The van der Waals surface area contributed by atoms with Crippen LogP contribution >= 0.6 is 0 Å². The lowest BCUT2D eigenvalue weighted by atomic mass is 10.0. The lowest BCUT2D eigenvalue weighted by molar-refractivity contribution is -0.122. The number of carbonyl (C=O) groups is 1. The van der Waals surface area contributed by atoms with E-state index in [9.17, 15) is 13.2 Å². The highest BCUT2D eigenvalue weighted by atomic mass is 32.2. The van der Waals surface area contributed by atoms with Crippen molar-refractivity contribution in [1.82, 2.24) is 14.3 Å². The van der Waals surface area contributed by atoms with Gasteiger partial charge in [-0.15, -0.1) is 0 Å². The molecule has 7 heteroatoms. The van der Waals surface area contributed by atoms with Crippen LogP contribution in [0.25, 0.3) is 0 Å². The summed E-state index contributed by atoms with van der Waals surface area (Å²) < 4.78 is 28.6. The maximum atomic E-state index is 12.3. The number of carbonyl (C=O) groups excluding carboxylic acids is 1. The predicted molar refractivity (Wildman–Crippen MR) is 72.7 cm³/mol. The maximum Gasteiger partial charge on any atom is 0.280 e. The van der Waals surface area contributed by atoms with E-state index >= 15 is 0 Å². The summed E-state index contributed by atoms with van der Waals surface area (Å²) in [4.78, 5) is 11.8. The third-order valence-electron chi connectivity index (χ3n) is 3.79. The van der Waals surface area contributed by atoms with Gasteiger partial charge in [-0.1, -0.05) is 6.92 Å². The Hall–Kier alpha value is -0.660. The highest BCUT2D eigenvalue weighted by Gasteiger charge is 2.31. The van der Waals surface area contributed by atoms with Crippen molar-refractivity contribution in [2.24, 2.45) is 5.92 Å². The molecule has 0 aromatic carbocycles. The van der Waals surface area contributed by atoms with Crippen molar-refractivity contribution >= 4 is 16.1 Å². The van der Waals surface area contributed by atoms with Gasteiger partial charge in [0.05, 0.1) is 0 Å². The minimum Gasteiger partial charge on any atom is -0.355 e. The molecule has 2 N–H and O–H groups in total. The van der Waals surface area contributed by atoms with Crippen LogP contribution in [0.3, 0.4) is 0 Å². The van der Waals surface area contributed by atoms with Gasteiger partial charge in [0.2, 0.25) is 5.91 Å². The molecule has 0 radical (unpaired) electrons. The summed E-state index contributed by atoms with van der Waals surface area (Å²) in [6, 6.07) is -0.621. The van der Waals surface area contributed by atoms with Gasteiger partial charge in [-0.05, 0) is 38.0 Å². The molecule has 2 rings (SSSR count). The summed E-state index contributed by atoms with van der Waals surface area (Å²) in [5.41, 5.74) is 0. The maximum absolute atomic E-state index is 12.3. The van der Waals surface area contributed by atoms with Gasteiger partial charge in [-0.3, -0.25) is 4.79 Å². The second kappa shape index (κ2) is 6.19. The van der Waals surface area contributed by atoms with Gasteiger partial charge in [0.15, 0.2) is 0 Å². The Bertz CT molecular complexity index is 424. The lowest BCUT2D eigenvalue weighted by Crippen LogP contribution is -2.52. The van der Waals surface area contributed by atoms with E-state index in [1.807, 2.05) is 0 Å². The normalized spacial score (nSPS) is 30.7. The second-order valence-corrected chi connectivity index (χ2v) is 7.27. The molecule has 2 atom stereocenters. The van der Waals surface area contributed by atoms with Gasteiger partial charge >= 0.3 is 0 Å². The Kier molecular flexibility index (Phi) is 4.81. The Balaban J connectivity index is 2.01. The molecule has 1 amide bonds. The molecular weight excluding hydrogens is 266 g/mol. The summed E-state index contributed by atoms with van der Waals surface area (Å²) in [5, 5.41) is 2.74. The zero-order valence-electron chi connectivity index (χ0n) is 11.4. The highest BCUT2D eigenvalue weighted by molar-refractivity contribution is 7.87. The highest BCUT2D eigenvalue weighted by Crippen LogP contribution is 2.18. The number of hydrogen-bond donors (Lipinski definition) is 2. The Morgan fingerprint density at radius 1 is 1.26 bits per heavy atom. The average Bonchev–Trinajstić information content (AvgIpc) is 2.55. The number of nitrogens with one attached hydrogen (secondary N) is 2. The van der Waals surface area contributed by atoms with Crippen LogP contribution in [0.1, 0.15) is 39.0 Å². The number of piperidine rings is 1. The van der Waals surface area contributed by atoms with Crippen molar-refractivity contribution in [3.63, 3.8) is 0 Å². The third kappa shape index (κ3) is 3.90. The molecule has 0 aromatic heterocycles. The van der Waals surface area contributed by atoms with Crippen molar-refractivity contribution in [3.8, 4) is 0 Å². The SMILES string of the molecule is CC1CCCN(S(=O)(=O)NC2CCCCNC2=O)C1. The van der Waals surface area contributed by atoms with Gasteiger partial charge in [-0.25, -0.2) is 0 Å². The van der Waals surface area contributed by atoms with Crippen LogP contribution in [0.5, 0.6) is 0 Å². The minimum absolute atomic E-state index is 0.203. The molecule has 0 saturated carbocycles. The third-order valence-corrected chi connectivity index (χ3v) is 5.38. The van der Waals surface area contributed by atoms with Crippen LogP contribution in [0.4, 0.5) is 0 Å². The first kappa shape index (κ1) is 14.7. The lowest BCUT2D eigenvalue weighted by Gasteiger charge is -2.31. The van der Waals surface area contributed by atoms with E-state index in [-0.39, 0.29) is 5.91 Å². The summed E-state index contributed by atoms with van der Waals surface area (Å²) in [6.07, 6.45) is 4.30. The molecule has 6 nitrogen and oxygen atoms in total. The fraction of sp³-hybridized carbons (Fsp3) is 0.917.